The van der Waals surface area contributed by atoms with Gasteiger partial charge in [-0.3, -0.25) is 9.36 Å². The van der Waals surface area contributed by atoms with Gasteiger partial charge in [0.15, 0.2) is 0 Å². The molecule has 0 saturated carbocycles. The lowest BCUT2D eigenvalue weighted by Crippen LogP contribution is -2.24. The van der Waals surface area contributed by atoms with Crippen LogP contribution in [0.15, 0.2) is 4.79 Å². The van der Waals surface area contributed by atoms with Gasteiger partial charge in [0.05, 0.1) is 5.56 Å². The maximum Gasteiger partial charge on any atom is 0.260 e. The molecule has 0 aromatic carbocycles. The third kappa shape index (κ3) is 1.13. The van der Waals surface area contributed by atoms with Gasteiger partial charge in [-0.1, -0.05) is 6.92 Å². The highest BCUT2D eigenvalue weighted by molar-refractivity contribution is 5.24. The fourth-order valence-corrected chi connectivity index (χ4v) is 1.75. The number of hydrogen-bond donors (Lipinski definition) is 1. The average Bonchev–Trinajstić information content (AvgIpc) is 2.53. The maximum absolute atomic E-state index is 11.7. The van der Waals surface area contributed by atoms with Gasteiger partial charge in [0.25, 0.3) is 5.56 Å². The first kappa shape index (κ1) is 8.29. The maximum atomic E-state index is 11.7. The number of aromatic hydroxyl groups is 1. The fourth-order valence-electron chi connectivity index (χ4n) is 1.75. The molecule has 0 radical (unpaired) electrons. The predicted molar refractivity (Wildman–Crippen MR) is 47.9 cm³/mol. The highest BCUT2D eigenvalue weighted by atomic mass is 16.3. The van der Waals surface area contributed by atoms with E-state index in [9.17, 15) is 9.90 Å². The predicted octanol–water partition coefficient (Wildman–Crippen LogP) is 0.457. The van der Waals surface area contributed by atoms with Crippen molar-refractivity contribution in [2.45, 2.75) is 32.7 Å². The summed E-state index contributed by atoms with van der Waals surface area (Å²) < 4.78 is 1.67. The van der Waals surface area contributed by atoms with Gasteiger partial charge >= 0.3 is 0 Å². The average molecular weight is 180 g/mol. The zero-order chi connectivity index (χ0) is 9.42. The second kappa shape index (κ2) is 2.87. The number of rotatable bonds is 1. The van der Waals surface area contributed by atoms with Crippen LogP contribution in [0.2, 0.25) is 0 Å². The lowest BCUT2D eigenvalue weighted by molar-refractivity contribution is 0.437. The van der Waals surface area contributed by atoms with E-state index in [-0.39, 0.29) is 11.4 Å². The highest BCUT2D eigenvalue weighted by Gasteiger charge is 2.18. The van der Waals surface area contributed by atoms with E-state index in [0.29, 0.717) is 12.0 Å². The van der Waals surface area contributed by atoms with Gasteiger partial charge < -0.3 is 5.11 Å². The lowest BCUT2D eigenvalue weighted by Gasteiger charge is -2.05. The smallest absolute Gasteiger partial charge is 0.260 e. The summed E-state index contributed by atoms with van der Waals surface area (Å²) in [6.07, 6.45) is 2.29. The Hall–Kier alpha value is -1.32. The molecule has 1 aliphatic heterocycles. The van der Waals surface area contributed by atoms with Crippen LogP contribution in [0.4, 0.5) is 0 Å². The summed E-state index contributed by atoms with van der Waals surface area (Å²) in [5.41, 5.74) is 0.369. The second-order valence-electron chi connectivity index (χ2n) is 3.24. The van der Waals surface area contributed by atoms with Crippen LogP contribution in [0.3, 0.4) is 0 Å². The van der Waals surface area contributed by atoms with E-state index in [1.165, 1.54) is 0 Å². The first-order chi connectivity index (χ1) is 6.24. The van der Waals surface area contributed by atoms with Crippen molar-refractivity contribution in [3.63, 3.8) is 0 Å². The highest BCUT2D eigenvalue weighted by Crippen LogP contribution is 2.15. The summed E-state index contributed by atoms with van der Waals surface area (Å²) in [5.74, 6) is 0.639. The summed E-state index contributed by atoms with van der Waals surface area (Å²) >= 11 is 0. The van der Waals surface area contributed by atoms with Gasteiger partial charge in [-0.15, -0.1) is 0 Å². The number of aromatic nitrogens is 2. The van der Waals surface area contributed by atoms with Crippen molar-refractivity contribution in [1.82, 2.24) is 9.55 Å². The van der Waals surface area contributed by atoms with E-state index in [2.05, 4.69) is 4.98 Å². The minimum Gasteiger partial charge on any atom is -0.493 e. The van der Waals surface area contributed by atoms with Crippen LogP contribution in [-0.2, 0) is 19.4 Å². The summed E-state index contributed by atoms with van der Waals surface area (Å²) in [4.78, 5) is 15.7. The van der Waals surface area contributed by atoms with Crippen LogP contribution in [-0.4, -0.2) is 14.7 Å². The fraction of sp³-hybridized carbons (Fsp3) is 0.556. The van der Waals surface area contributed by atoms with Crippen molar-refractivity contribution in [1.29, 1.82) is 0 Å². The molecule has 1 aromatic rings. The Morgan fingerprint density at radius 3 is 3.08 bits per heavy atom. The summed E-state index contributed by atoms with van der Waals surface area (Å²) in [6, 6.07) is 0. The van der Waals surface area contributed by atoms with Gasteiger partial charge in [-0.2, -0.15) is 4.98 Å². The van der Waals surface area contributed by atoms with Crippen LogP contribution in [0.25, 0.3) is 0 Å². The molecule has 0 fully saturated rings. The Labute approximate surface area is 75.9 Å². The molecule has 1 aliphatic rings. The third-order valence-corrected chi connectivity index (χ3v) is 2.46. The Morgan fingerprint density at radius 2 is 2.38 bits per heavy atom. The monoisotopic (exact) mass is 180 g/mol. The minimum absolute atomic E-state index is 0.0671. The number of fused-ring (bicyclic) bond motifs is 1. The summed E-state index contributed by atoms with van der Waals surface area (Å²) in [5, 5.41) is 9.43. The molecule has 4 heteroatoms. The van der Waals surface area contributed by atoms with E-state index in [4.69, 9.17) is 0 Å². The Bertz CT molecular complexity index is 389. The molecule has 1 aromatic heterocycles. The number of nitrogens with zero attached hydrogens (tertiary/aromatic N) is 2. The van der Waals surface area contributed by atoms with Crippen LogP contribution >= 0.6 is 0 Å². The van der Waals surface area contributed by atoms with E-state index in [0.717, 1.165) is 25.2 Å². The van der Waals surface area contributed by atoms with Crippen LogP contribution in [0.1, 0.15) is 24.7 Å². The number of aryl methyl sites for hydroxylation is 1. The number of hydrogen-bond acceptors (Lipinski definition) is 3. The van der Waals surface area contributed by atoms with Gasteiger partial charge in [-0.25, -0.2) is 0 Å². The van der Waals surface area contributed by atoms with Gasteiger partial charge in [0.1, 0.15) is 5.82 Å². The van der Waals surface area contributed by atoms with Crippen molar-refractivity contribution in [2.75, 3.05) is 0 Å². The van der Waals surface area contributed by atoms with E-state index >= 15 is 0 Å². The molecular weight excluding hydrogens is 168 g/mol. The van der Waals surface area contributed by atoms with Crippen LogP contribution < -0.4 is 5.56 Å². The van der Waals surface area contributed by atoms with E-state index in [1.54, 1.807) is 4.57 Å². The SMILES string of the molecule is CCc1c(O)nc2n(c1=O)CCC2. The molecule has 2 heterocycles. The molecule has 0 amide bonds. The Kier molecular flexibility index (Phi) is 1.83. The Balaban J connectivity index is 2.70. The molecule has 70 valence electrons. The molecule has 0 bridgehead atoms. The largest absolute Gasteiger partial charge is 0.493 e. The van der Waals surface area contributed by atoms with E-state index in [1.807, 2.05) is 6.92 Å². The van der Waals surface area contributed by atoms with Gasteiger partial charge in [0.2, 0.25) is 5.88 Å². The molecule has 1 N–H and O–H groups in total. The summed E-state index contributed by atoms with van der Waals surface area (Å²) in [7, 11) is 0. The molecule has 0 saturated heterocycles. The second-order valence-corrected chi connectivity index (χ2v) is 3.24. The zero-order valence-electron chi connectivity index (χ0n) is 7.58. The third-order valence-electron chi connectivity index (χ3n) is 2.46. The Morgan fingerprint density at radius 1 is 1.62 bits per heavy atom. The van der Waals surface area contributed by atoms with Crippen molar-refractivity contribution in [3.8, 4) is 5.88 Å². The normalized spacial score (nSPS) is 14.5. The molecule has 4 nitrogen and oxygen atoms in total. The topological polar surface area (TPSA) is 55.1 Å². The molecule has 0 aliphatic carbocycles. The van der Waals surface area contributed by atoms with Crippen LogP contribution in [0.5, 0.6) is 5.88 Å². The molecule has 0 unspecified atom stereocenters. The van der Waals surface area contributed by atoms with Crippen LogP contribution in [0, 0.1) is 0 Å². The van der Waals surface area contributed by atoms with Crippen molar-refractivity contribution < 1.29 is 5.11 Å². The first-order valence-electron chi connectivity index (χ1n) is 4.55. The molecule has 0 spiro atoms. The van der Waals surface area contributed by atoms with Crippen molar-refractivity contribution >= 4 is 0 Å². The van der Waals surface area contributed by atoms with Gasteiger partial charge in [-0.05, 0) is 12.8 Å². The summed E-state index contributed by atoms with van der Waals surface area (Å²) in [6.45, 7) is 2.59. The quantitative estimate of drug-likeness (QED) is 0.683. The van der Waals surface area contributed by atoms with E-state index < -0.39 is 0 Å². The molecular formula is C9H12N2O2. The van der Waals surface area contributed by atoms with Gasteiger partial charge in [0, 0.05) is 13.0 Å². The van der Waals surface area contributed by atoms with Crippen molar-refractivity contribution in [2.24, 2.45) is 0 Å². The minimum atomic E-state index is -0.0827. The van der Waals surface area contributed by atoms with Crippen molar-refractivity contribution in [3.05, 3.63) is 21.7 Å². The first-order valence-corrected chi connectivity index (χ1v) is 4.55. The molecule has 2 rings (SSSR count). The molecule has 13 heavy (non-hydrogen) atoms. The lowest BCUT2D eigenvalue weighted by atomic mass is 10.2. The zero-order valence-corrected chi connectivity index (χ0v) is 7.58. The standard InChI is InChI=1S/C9H12N2O2/c1-2-6-8(12)10-7-4-3-5-11(7)9(6)13/h12H,2-5H2,1H3. The molecule has 0 atom stereocenters.